The molecule has 3 saturated heterocycles. The van der Waals surface area contributed by atoms with Gasteiger partial charge in [-0.1, -0.05) is 13.0 Å². The number of carbonyl (C=O) groups excluding carboxylic acids is 1. The number of primary amides is 1. The van der Waals surface area contributed by atoms with Gasteiger partial charge in [-0.15, -0.1) is 0 Å². The largest absolute Gasteiger partial charge is 0.381 e. The van der Waals surface area contributed by atoms with Crippen LogP contribution in [-0.2, 0) is 11.2 Å². The number of nitrogens with two attached hydrogens (primary N) is 1. The summed E-state index contributed by atoms with van der Waals surface area (Å²) in [6, 6.07) is 12.3. The van der Waals surface area contributed by atoms with Gasteiger partial charge < -0.3 is 25.6 Å². The van der Waals surface area contributed by atoms with Crippen molar-refractivity contribution >= 4 is 17.3 Å². The summed E-state index contributed by atoms with van der Waals surface area (Å²) in [4.78, 5) is 20.3. The van der Waals surface area contributed by atoms with Crippen LogP contribution in [0.25, 0.3) is 11.1 Å². The summed E-state index contributed by atoms with van der Waals surface area (Å²) < 4.78 is 5.63. The number of benzene rings is 2. The molecule has 0 bridgehead atoms. The second kappa shape index (κ2) is 12.7. The summed E-state index contributed by atoms with van der Waals surface area (Å²) in [6.07, 6.45) is 5.48. The van der Waals surface area contributed by atoms with Crippen LogP contribution >= 0.6 is 0 Å². The molecule has 2 aromatic carbocycles. The SMILES string of the molecule is CCc1cc(N2CCN(C3CCNCC3)CC2)ccc1-c1cc(C(N)=O)c(C)c(N(CC)C2CCOCC2)c1. The molecule has 0 saturated carbocycles. The Bertz CT molecular complexity index is 1130. The van der Waals surface area contributed by atoms with Crippen molar-refractivity contribution in [3.63, 3.8) is 0 Å². The zero-order chi connectivity index (χ0) is 27.4. The van der Waals surface area contributed by atoms with E-state index in [0.29, 0.717) is 11.6 Å². The minimum atomic E-state index is -0.361. The van der Waals surface area contributed by atoms with Crippen molar-refractivity contribution in [3.05, 3.63) is 47.0 Å². The van der Waals surface area contributed by atoms with Crippen LogP contribution in [-0.4, -0.2) is 81.9 Å². The molecule has 3 fully saturated rings. The molecule has 3 aliphatic rings. The quantitative estimate of drug-likeness (QED) is 0.530. The highest BCUT2D eigenvalue weighted by Crippen LogP contribution is 2.36. The molecule has 0 unspecified atom stereocenters. The molecule has 0 spiro atoms. The summed E-state index contributed by atoms with van der Waals surface area (Å²) in [6.45, 7) is 15.6. The molecule has 3 heterocycles. The summed E-state index contributed by atoms with van der Waals surface area (Å²) in [5, 5.41) is 3.49. The Hall–Kier alpha value is -2.61. The second-order valence-electron chi connectivity index (χ2n) is 11.4. The molecule has 0 aliphatic carbocycles. The molecule has 3 aliphatic heterocycles. The summed E-state index contributed by atoms with van der Waals surface area (Å²) in [5.74, 6) is -0.361. The van der Waals surface area contributed by atoms with Gasteiger partial charge in [-0.2, -0.15) is 0 Å². The summed E-state index contributed by atoms with van der Waals surface area (Å²) in [5.41, 5.74) is 13.5. The third-order valence-corrected chi connectivity index (χ3v) is 9.21. The fourth-order valence-corrected chi connectivity index (χ4v) is 6.90. The van der Waals surface area contributed by atoms with Crippen LogP contribution in [0.3, 0.4) is 0 Å². The molecule has 39 heavy (non-hydrogen) atoms. The number of rotatable bonds is 8. The van der Waals surface area contributed by atoms with Crippen LogP contribution in [0.15, 0.2) is 30.3 Å². The molecule has 0 aromatic heterocycles. The van der Waals surface area contributed by atoms with Crippen molar-refractivity contribution in [1.82, 2.24) is 10.2 Å². The molecule has 1 amide bonds. The smallest absolute Gasteiger partial charge is 0.249 e. The maximum absolute atomic E-state index is 12.6. The normalized spacial score (nSPS) is 19.8. The third-order valence-electron chi connectivity index (χ3n) is 9.21. The van der Waals surface area contributed by atoms with E-state index in [4.69, 9.17) is 10.5 Å². The number of amides is 1. The molecule has 212 valence electrons. The lowest BCUT2D eigenvalue weighted by atomic mass is 9.92. The first kappa shape index (κ1) is 27.9. The van der Waals surface area contributed by atoms with E-state index >= 15 is 0 Å². The monoisotopic (exact) mass is 533 g/mol. The van der Waals surface area contributed by atoms with E-state index in [0.717, 1.165) is 101 Å². The first-order chi connectivity index (χ1) is 19.0. The first-order valence-electron chi connectivity index (χ1n) is 15.1. The van der Waals surface area contributed by atoms with E-state index in [-0.39, 0.29) is 5.91 Å². The van der Waals surface area contributed by atoms with Gasteiger partial charge in [-0.3, -0.25) is 9.69 Å². The molecular formula is C32H47N5O2. The van der Waals surface area contributed by atoms with Gasteiger partial charge in [0.1, 0.15) is 0 Å². The van der Waals surface area contributed by atoms with Crippen molar-refractivity contribution in [2.75, 3.05) is 68.8 Å². The Labute approximate surface area is 234 Å². The Morgan fingerprint density at radius 1 is 1.03 bits per heavy atom. The van der Waals surface area contributed by atoms with E-state index in [2.05, 4.69) is 58.1 Å². The molecule has 0 atom stereocenters. The van der Waals surface area contributed by atoms with Crippen LogP contribution in [0.2, 0.25) is 0 Å². The molecule has 0 radical (unpaired) electrons. The highest BCUT2D eigenvalue weighted by molar-refractivity contribution is 5.98. The molecule has 3 N–H and O–H groups in total. The Morgan fingerprint density at radius 2 is 1.74 bits per heavy atom. The minimum Gasteiger partial charge on any atom is -0.381 e. The van der Waals surface area contributed by atoms with Crippen LogP contribution in [0, 0.1) is 6.92 Å². The fourth-order valence-electron chi connectivity index (χ4n) is 6.90. The van der Waals surface area contributed by atoms with E-state index < -0.39 is 0 Å². The van der Waals surface area contributed by atoms with E-state index in [9.17, 15) is 4.79 Å². The first-order valence-corrected chi connectivity index (χ1v) is 15.1. The van der Waals surface area contributed by atoms with Crippen molar-refractivity contribution in [2.45, 2.75) is 65.0 Å². The fraction of sp³-hybridized carbons (Fsp3) is 0.594. The van der Waals surface area contributed by atoms with Crippen molar-refractivity contribution in [2.24, 2.45) is 5.73 Å². The minimum absolute atomic E-state index is 0.361. The van der Waals surface area contributed by atoms with Gasteiger partial charge in [0.2, 0.25) is 5.91 Å². The number of ether oxygens (including phenoxy) is 1. The predicted octanol–water partition coefficient (Wildman–Crippen LogP) is 4.20. The van der Waals surface area contributed by atoms with Gasteiger partial charge in [0, 0.05) is 75.0 Å². The topological polar surface area (TPSA) is 74.1 Å². The lowest BCUT2D eigenvalue weighted by Crippen LogP contribution is -2.52. The average Bonchev–Trinajstić information content (AvgIpc) is 2.99. The van der Waals surface area contributed by atoms with Gasteiger partial charge in [0.25, 0.3) is 0 Å². The van der Waals surface area contributed by atoms with E-state index in [1.807, 2.05) is 13.0 Å². The predicted molar refractivity (Wildman–Crippen MR) is 161 cm³/mol. The van der Waals surface area contributed by atoms with Gasteiger partial charge >= 0.3 is 0 Å². The van der Waals surface area contributed by atoms with Gasteiger partial charge in [0.15, 0.2) is 0 Å². The number of hydrogen-bond acceptors (Lipinski definition) is 6. The number of nitrogens with one attached hydrogen (secondary N) is 1. The zero-order valence-corrected chi connectivity index (χ0v) is 24.2. The standard InChI is InChI=1S/C32H47N5O2/c1-4-24-20-28(36-16-14-35(15-17-36)26-8-12-34-13-9-26)6-7-29(24)25-21-30(32(33)38)23(3)31(22-25)37(5-2)27-10-18-39-19-11-27/h6-7,20-22,26-27,34H,4-5,8-19H2,1-3H3,(H2,33,38). The molecule has 7 nitrogen and oxygen atoms in total. The van der Waals surface area contributed by atoms with Crippen molar-refractivity contribution in [1.29, 1.82) is 0 Å². The summed E-state index contributed by atoms with van der Waals surface area (Å²) >= 11 is 0. The number of anilines is 2. The molecular weight excluding hydrogens is 486 g/mol. The van der Waals surface area contributed by atoms with Crippen LogP contribution in [0.1, 0.15) is 61.0 Å². The average molecular weight is 534 g/mol. The van der Waals surface area contributed by atoms with Gasteiger partial charge in [0.05, 0.1) is 0 Å². The van der Waals surface area contributed by atoms with E-state index in [1.54, 1.807) is 0 Å². The molecule has 2 aromatic rings. The van der Waals surface area contributed by atoms with Gasteiger partial charge in [-0.25, -0.2) is 0 Å². The van der Waals surface area contributed by atoms with Crippen LogP contribution in [0.5, 0.6) is 0 Å². The van der Waals surface area contributed by atoms with E-state index in [1.165, 1.54) is 29.7 Å². The molecule has 5 rings (SSSR count). The number of carbonyl (C=O) groups is 1. The highest BCUT2D eigenvalue weighted by Gasteiger charge is 2.27. The van der Waals surface area contributed by atoms with Gasteiger partial charge in [-0.05, 0) is 106 Å². The Balaban J connectivity index is 1.41. The lowest BCUT2D eigenvalue weighted by molar-refractivity contribution is 0.0846. The maximum atomic E-state index is 12.6. The second-order valence-corrected chi connectivity index (χ2v) is 11.4. The summed E-state index contributed by atoms with van der Waals surface area (Å²) in [7, 11) is 0. The van der Waals surface area contributed by atoms with Crippen molar-refractivity contribution < 1.29 is 9.53 Å². The third kappa shape index (κ3) is 6.11. The number of aryl methyl sites for hydroxylation is 1. The number of piperidine rings is 1. The van der Waals surface area contributed by atoms with Crippen LogP contribution < -0.4 is 20.9 Å². The highest BCUT2D eigenvalue weighted by atomic mass is 16.5. The van der Waals surface area contributed by atoms with Crippen LogP contribution in [0.4, 0.5) is 11.4 Å². The number of hydrogen-bond donors (Lipinski definition) is 2. The Kier molecular flexibility index (Phi) is 9.10. The number of nitrogens with zero attached hydrogens (tertiary/aromatic N) is 3. The lowest BCUT2D eigenvalue weighted by Gasteiger charge is -2.41. The number of piperazine rings is 1. The Morgan fingerprint density at radius 3 is 2.38 bits per heavy atom. The maximum Gasteiger partial charge on any atom is 0.249 e. The zero-order valence-electron chi connectivity index (χ0n) is 24.2. The molecule has 7 heteroatoms. The van der Waals surface area contributed by atoms with Crippen molar-refractivity contribution in [3.8, 4) is 11.1 Å².